The fraction of sp³-hybridized carbons (Fsp3) is 0.654. The summed E-state index contributed by atoms with van der Waals surface area (Å²) in [6.45, 7) is 1.42. The molecule has 2 aromatic heterocycles. The number of ether oxygens (including phenoxy) is 1. The smallest absolute Gasteiger partial charge is 0.422 e. The van der Waals surface area contributed by atoms with Gasteiger partial charge in [-0.3, -0.25) is 9.59 Å². The number of halogens is 3. The molecular weight excluding hydrogens is 505 g/mol. The number of thiazole rings is 1. The Balaban J connectivity index is 1.11. The first-order valence-corrected chi connectivity index (χ1v) is 13.8. The first kappa shape index (κ1) is 26.2. The minimum absolute atomic E-state index is 0.115. The first-order chi connectivity index (χ1) is 17.6. The molecule has 6 rings (SSSR count). The predicted octanol–water partition coefficient (Wildman–Crippen LogP) is 4.10. The van der Waals surface area contributed by atoms with Gasteiger partial charge >= 0.3 is 6.18 Å². The van der Waals surface area contributed by atoms with E-state index in [0.717, 1.165) is 88.0 Å². The van der Waals surface area contributed by atoms with Crippen LogP contribution in [0.1, 0.15) is 66.0 Å². The van der Waals surface area contributed by atoms with Crippen LogP contribution in [0.3, 0.4) is 0 Å². The van der Waals surface area contributed by atoms with Gasteiger partial charge in [-0.1, -0.05) is 17.4 Å². The molecule has 7 nitrogen and oxygen atoms in total. The highest BCUT2D eigenvalue weighted by atomic mass is 32.1. The molecule has 202 valence electrons. The summed E-state index contributed by atoms with van der Waals surface area (Å²) >= 11 is 1.24. The third-order valence-electron chi connectivity index (χ3n) is 8.59. The summed E-state index contributed by atoms with van der Waals surface area (Å²) in [5, 5.41) is 3.39. The topological polar surface area (TPSA) is 76.5 Å². The summed E-state index contributed by atoms with van der Waals surface area (Å²) in [5.41, 5.74) is 1.20. The van der Waals surface area contributed by atoms with Gasteiger partial charge in [-0.15, -0.1) is 0 Å². The zero-order valence-electron chi connectivity index (χ0n) is 21.0. The molecule has 0 atom stereocenters. The van der Waals surface area contributed by atoms with E-state index in [0.29, 0.717) is 11.1 Å². The maximum Gasteiger partial charge on any atom is 0.422 e. The molecule has 3 aliphatic carbocycles. The molecule has 1 N–H and O–H groups in total. The van der Waals surface area contributed by atoms with Crippen molar-refractivity contribution in [1.82, 2.24) is 19.8 Å². The molecule has 4 aliphatic rings. The maximum atomic E-state index is 12.9. The van der Waals surface area contributed by atoms with Gasteiger partial charge < -0.3 is 19.5 Å². The Kier molecular flexibility index (Phi) is 7.12. The Morgan fingerprint density at radius 1 is 1.14 bits per heavy atom. The molecule has 0 radical (unpaired) electrons. The minimum atomic E-state index is -4.36. The lowest BCUT2D eigenvalue weighted by Crippen LogP contribution is -2.57. The molecule has 3 heterocycles. The maximum absolute atomic E-state index is 12.9. The van der Waals surface area contributed by atoms with Crippen LogP contribution in [0.25, 0.3) is 0 Å². The van der Waals surface area contributed by atoms with Crippen molar-refractivity contribution in [3.8, 4) is 5.19 Å². The number of alkyl halides is 3. The van der Waals surface area contributed by atoms with Gasteiger partial charge in [0.15, 0.2) is 6.61 Å². The molecule has 0 unspecified atom stereocenters. The molecular formula is C26H33F3N4O3S. The number of hydrogen-bond acceptors (Lipinski definition) is 6. The van der Waals surface area contributed by atoms with Gasteiger partial charge in [0.25, 0.3) is 16.7 Å². The van der Waals surface area contributed by atoms with E-state index in [9.17, 15) is 22.8 Å². The second-order valence-corrected chi connectivity index (χ2v) is 11.9. The van der Waals surface area contributed by atoms with Gasteiger partial charge in [0.1, 0.15) is 5.69 Å². The average Bonchev–Trinajstić information content (AvgIpc) is 3.17. The monoisotopic (exact) mass is 538 g/mol. The van der Waals surface area contributed by atoms with Crippen LogP contribution in [-0.2, 0) is 19.9 Å². The van der Waals surface area contributed by atoms with Crippen LogP contribution in [0.2, 0.25) is 0 Å². The number of carbonyl (C=O) groups excluding carboxylic acids is 1. The van der Waals surface area contributed by atoms with E-state index in [1.54, 1.807) is 19.2 Å². The van der Waals surface area contributed by atoms with Crippen LogP contribution < -0.4 is 15.6 Å². The molecule has 3 saturated carbocycles. The normalized spacial score (nSPS) is 25.9. The minimum Gasteiger partial charge on any atom is -0.460 e. The Bertz CT molecular complexity index is 1160. The van der Waals surface area contributed by atoms with Crippen molar-refractivity contribution < 1.29 is 22.7 Å². The number of hydrogen-bond donors (Lipinski definition) is 1. The van der Waals surface area contributed by atoms with Crippen molar-refractivity contribution in [1.29, 1.82) is 0 Å². The number of rotatable bonds is 7. The van der Waals surface area contributed by atoms with Gasteiger partial charge in [0, 0.05) is 43.0 Å². The van der Waals surface area contributed by atoms with Crippen molar-refractivity contribution in [2.75, 3.05) is 26.2 Å². The summed E-state index contributed by atoms with van der Waals surface area (Å²) < 4.78 is 43.5. The largest absolute Gasteiger partial charge is 0.460 e. The lowest BCUT2D eigenvalue weighted by atomic mass is 9.56. The average molecular weight is 539 g/mol. The molecule has 1 aliphatic heterocycles. The molecule has 1 amide bonds. The second kappa shape index (κ2) is 10.1. The number of nitrogens with zero attached hydrogens (tertiary/aromatic N) is 3. The molecule has 37 heavy (non-hydrogen) atoms. The van der Waals surface area contributed by atoms with Crippen LogP contribution in [-0.4, -0.2) is 58.3 Å². The van der Waals surface area contributed by atoms with E-state index in [4.69, 9.17) is 4.74 Å². The van der Waals surface area contributed by atoms with E-state index in [1.165, 1.54) is 22.0 Å². The van der Waals surface area contributed by atoms with E-state index in [2.05, 4.69) is 15.2 Å². The Morgan fingerprint density at radius 3 is 2.54 bits per heavy atom. The van der Waals surface area contributed by atoms with Gasteiger partial charge in [-0.2, -0.15) is 13.2 Å². The van der Waals surface area contributed by atoms with Crippen LogP contribution >= 0.6 is 11.3 Å². The molecule has 3 fully saturated rings. The Labute approximate surface area is 218 Å². The van der Waals surface area contributed by atoms with Crippen molar-refractivity contribution >= 4 is 17.2 Å². The highest BCUT2D eigenvalue weighted by Crippen LogP contribution is 2.54. The number of nitrogens with one attached hydrogen (secondary N) is 1. The highest BCUT2D eigenvalue weighted by molar-refractivity contribution is 7.13. The molecule has 0 spiro atoms. The molecule has 2 aromatic rings. The molecule has 11 heteroatoms. The van der Waals surface area contributed by atoms with E-state index >= 15 is 0 Å². The number of fused-ring (bicyclic) bond motifs is 4. The third kappa shape index (κ3) is 5.87. The van der Waals surface area contributed by atoms with Gasteiger partial charge in [-0.05, 0) is 69.4 Å². The summed E-state index contributed by atoms with van der Waals surface area (Å²) in [6, 6.07) is 4.77. The van der Waals surface area contributed by atoms with E-state index < -0.39 is 12.8 Å². The quantitative estimate of drug-likeness (QED) is 0.575. The number of carbonyl (C=O) groups is 1. The van der Waals surface area contributed by atoms with Crippen molar-refractivity contribution in [3.05, 3.63) is 44.8 Å². The summed E-state index contributed by atoms with van der Waals surface area (Å²) in [4.78, 5) is 32.7. The van der Waals surface area contributed by atoms with Crippen molar-refractivity contribution in [2.45, 2.75) is 69.5 Å². The first-order valence-electron chi connectivity index (χ1n) is 12.9. The second-order valence-electron chi connectivity index (χ2n) is 10.9. The number of aromatic nitrogens is 2. The summed E-state index contributed by atoms with van der Waals surface area (Å²) in [6.07, 6.45) is 4.41. The summed E-state index contributed by atoms with van der Waals surface area (Å²) in [5.74, 6) is -0.174. The molecule has 2 bridgehead atoms. The standard InChI is InChI=1S/C26H33F3N4O3S/c1-32-19(3-2-4-21(32)34)22(35)31-25-10-7-24(8-11-25,9-12-25)13-16-33-14-5-18-20(6-15-33)37-23(30-18)36-17-26(27,28)29/h2-4H,5-17H2,1H3,(H,31,35). The zero-order valence-corrected chi connectivity index (χ0v) is 21.8. The van der Waals surface area contributed by atoms with Crippen LogP contribution in [0, 0.1) is 5.41 Å². The fourth-order valence-corrected chi connectivity index (χ4v) is 7.08. The van der Waals surface area contributed by atoms with Gasteiger partial charge in [0.2, 0.25) is 0 Å². The third-order valence-corrected chi connectivity index (χ3v) is 9.66. The van der Waals surface area contributed by atoms with Gasteiger partial charge in [0.05, 0.1) is 5.69 Å². The zero-order chi connectivity index (χ0) is 26.3. The number of pyridine rings is 1. The molecule has 0 aromatic carbocycles. The Hall–Kier alpha value is -2.40. The van der Waals surface area contributed by atoms with Crippen LogP contribution in [0.4, 0.5) is 13.2 Å². The van der Waals surface area contributed by atoms with Crippen molar-refractivity contribution in [3.63, 3.8) is 0 Å². The highest BCUT2D eigenvalue weighted by Gasteiger charge is 2.49. The van der Waals surface area contributed by atoms with Crippen LogP contribution in [0.15, 0.2) is 23.0 Å². The SMILES string of the molecule is Cn1c(C(=O)NC23CCC(CCN4CCc5nc(OCC(F)(F)F)sc5CC4)(CC2)CC3)cccc1=O. The van der Waals surface area contributed by atoms with E-state index in [1.807, 2.05) is 0 Å². The van der Waals surface area contributed by atoms with Gasteiger partial charge in [-0.25, -0.2) is 4.98 Å². The van der Waals surface area contributed by atoms with Crippen molar-refractivity contribution in [2.24, 2.45) is 12.5 Å². The Morgan fingerprint density at radius 2 is 1.84 bits per heavy atom. The predicted molar refractivity (Wildman–Crippen MR) is 134 cm³/mol. The fourth-order valence-electron chi connectivity index (χ4n) is 6.13. The molecule has 0 saturated heterocycles. The lowest BCUT2D eigenvalue weighted by molar-refractivity contribution is -0.153. The van der Waals surface area contributed by atoms with E-state index in [-0.39, 0.29) is 22.2 Å². The van der Waals surface area contributed by atoms with Crippen LogP contribution in [0.5, 0.6) is 5.19 Å². The summed E-state index contributed by atoms with van der Waals surface area (Å²) in [7, 11) is 1.63. The number of amides is 1. The lowest BCUT2D eigenvalue weighted by Gasteiger charge is -2.54.